The number of benzene rings is 2. The van der Waals surface area contributed by atoms with Crippen molar-refractivity contribution in [1.29, 1.82) is 0 Å². The lowest BCUT2D eigenvalue weighted by Crippen LogP contribution is -2.05. The van der Waals surface area contributed by atoms with Crippen LogP contribution in [0.5, 0.6) is 0 Å². The van der Waals surface area contributed by atoms with Gasteiger partial charge in [-0.15, -0.1) is 0 Å². The van der Waals surface area contributed by atoms with Crippen molar-refractivity contribution < 1.29 is 9.21 Å². The Morgan fingerprint density at radius 3 is 2.55 bits per heavy atom. The van der Waals surface area contributed by atoms with Gasteiger partial charge in [0.1, 0.15) is 11.3 Å². The first kappa shape index (κ1) is 13.8. The fourth-order valence-corrected chi connectivity index (χ4v) is 2.25. The van der Waals surface area contributed by atoms with Crippen LogP contribution >= 0.6 is 0 Å². The number of carbonyl (C=O) groups is 1. The fraction of sp³-hybridized carbons (Fsp3) is 0. The van der Waals surface area contributed by atoms with Crippen LogP contribution < -0.4 is 11.2 Å². The van der Waals surface area contributed by atoms with Gasteiger partial charge in [0.15, 0.2) is 5.43 Å². The van der Waals surface area contributed by atoms with Gasteiger partial charge in [0.2, 0.25) is 5.91 Å². The summed E-state index contributed by atoms with van der Waals surface area (Å²) in [7, 11) is 0. The largest absolute Gasteiger partial charge is 0.455 e. The molecule has 108 valence electrons. The first-order chi connectivity index (χ1) is 10.6. The van der Waals surface area contributed by atoms with Gasteiger partial charge < -0.3 is 10.2 Å². The van der Waals surface area contributed by atoms with Gasteiger partial charge in [-0.1, -0.05) is 42.5 Å². The Labute approximate surface area is 126 Å². The van der Waals surface area contributed by atoms with E-state index in [-0.39, 0.29) is 5.43 Å². The minimum atomic E-state index is -0.557. The summed E-state index contributed by atoms with van der Waals surface area (Å²) in [6.45, 7) is 0. The zero-order chi connectivity index (χ0) is 15.5. The fourth-order valence-electron chi connectivity index (χ4n) is 2.25. The summed E-state index contributed by atoms with van der Waals surface area (Å²) in [5, 5.41) is 0.464. The summed E-state index contributed by atoms with van der Waals surface area (Å²) in [6, 6.07) is 16.0. The van der Waals surface area contributed by atoms with E-state index in [9.17, 15) is 9.59 Å². The van der Waals surface area contributed by atoms with E-state index >= 15 is 0 Å². The number of carbonyl (C=O) groups excluding carboxylic acids is 1. The Bertz CT molecular complexity index is 924. The molecular weight excluding hydrogens is 278 g/mol. The van der Waals surface area contributed by atoms with Gasteiger partial charge in [0, 0.05) is 23.3 Å². The van der Waals surface area contributed by atoms with Crippen LogP contribution in [0, 0.1) is 0 Å². The monoisotopic (exact) mass is 291 g/mol. The summed E-state index contributed by atoms with van der Waals surface area (Å²) in [6.07, 6.45) is 2.78. The molecular formula is C18H13NO3. The number of nitrogens with two attached hydrogens (primary N) is 1. The first-order valence-corrected chi connectivity index (χ1v) is 6.75. The smallest absolute Gasteiger partial charge is 0.241 e. The average molecular weight is 291 g/mol. The van der Waals surface area contributed by atoms with Crippen LogP contribution in [0.4, 0.5) is 0 Å². The molecule has 2 aromatic carbocycles. The molecule has 0 fully saturated rings. The molecule has 1 heterocycles. The molecule has 3 aromatic rings. The summed E-state index contributed by atoms with van der Waals surface area (Å²) in [5.41, 5.74) is 6.87. The van der Waals surface area contributed by atoms with E-state index in [1.165, 1.54) is 12.1 Å². The molecule has 1 aromatic heterocycles. The SMILES string of the molecule is NC(=O)C=Cc1cccc2c(=O)cc(-c3ccccc3)oc12. The van der Waals surface area contributed by atoms with E-state index in [1.807, 2.05) is 30.3 Å². The lowest BCUT2D eigenvalue weighted by Gasteiger charge is -2.05. The van der Waals surface area contributed by atoms with Gasteiger partial charge in [0.25, 0.3) is 0 Å². The highest BCUT2D eigenvalue weighted by Gasteiger charge is 2.09. The van der Waals surface area contributed by atoms with Crippen molar-refractivity contribution >= 4 is 23.0 Å². The van der Waals surface area contributed by atoms with Gasteiger partial charge >= 0.3 is 0 Å². The Morgan fingerprint density at radius 2 is 1.82 bits per heavy atom. The molecule has 4 nitrogen and oxygen atoms in total. The number of amides is 1. The summed E-state index contributed by atoms with van der Waals surface area (Å²) < 4.78 is 5.89. The molecule has 0 aliphatic heterocycles. The molecule has 0 aliphatic rings. The number of fused-ring (bicyclic) bond motifs is 1. The number of para-hydroxylation sites is 1. The van der Waals surface area contributed by atoms with Crippen molar-refractivity contribution in [3.63, 3.8) is 0 Å². The van der Waals surface area contributed by atoms with Gasteiger partial charge in [-0.2, -0.15) is 0 Å². The van der Waals surface area contributed by atoms with Crippen molar-refractivity contribution in [2.24, 2.45) is 5.73 Å². The highest BCUT2D eigenvalue weighted by molar-refractivity contribution is 5.94. The van der Waals surface area contributed by atoms with Crippen molar-refractivity contribution in [3.8, 4) is 11.3 Å². The molecule has 0 saturated carbocycles. The van der Waals surface area contributed by atoms with E-state index in [2.05, 4.69) is 0 Å². The van der Waals surface area contributed by atoms with Crippen LogP contribution in [0.15, 0.2) is 69.9 Å². The van der Waals surface area contributed by atoms with E-state index in [1.54, 1.807) is 24.3 Å². The standard InChI is InChI=1S/C18H13NO3/c19-17(21)10-9-13-7-4-8-14-15(20)11-16(22-18(13)14)12-5-2-1-3-6-12/h1-11H,(H2,19,21). The van der Waals surface area contributed by atoms with Crippen LogP contribution in [0.25, 0.3) is 28.4 Å². The molecule has 0 aliphatic carbocycles. The Balaban J connectivity index is 2.25. The third-order valence-electron chi connectivity index (χ3n) is 3.27. The molecule has 0 bridgehead atoms. The predicted octanol–water partition coefficient (Wildman–Crippen LogP) is 2.96. The Hall–Kier alpha value is -3.14. The minimum Gasteiger partial charge on any atom is -0.455 e. The Morgan fingerprint density at radius 1 is 1.05 bits per heavy atom. The molecule has 3 rings (SSSR count). The van der Waals surface area contributed by atoms with Crippen molar-refractivity contribution in [3.05, 3.63) is 76.5 Å². The molecule has 4 heteroatoms. The van der Waals surface area contributed by atoms with Crippen LogP contribution in [-0.2, 0) is 4.79 Å². The van der Waals surface area contributed by atoms with Gasteiger partial charge in [-0.05, 0) is 12.1 Å². The third-order valence-corrected chi connectivity index (χ3v) is 3.27. The van der Waals surface area contributed by atoms with Crippen LogP contribution in [0.1, 0.15) is 5.56 Å². The highest BCUT2D eigenvalue weighted by atomic mass is 16.3. The van der Waals surface area contributed by atoms with Crippen molar-refractivity contribution in [2.45, 2.75) is 0 Å². The lowest BCUT2D eigenvalue weighted by molar-refractivity contribution is -0.113. The molecule has 2 N–H and O–H groups in total. The zero-order valence-corrected chi connectivity index (χ0v) is 11.7. The van der Waals surface area contributed by atoms with Gasteiger partial charge in [-0.3, -0.25) is 9.59 Å². The Kier molecular flexibility index (Phi) is 3.58. The van der Waals surface area contributed by atoms with E-state index < -0.39 is 5.91 Å². The summed E-state index contributed by atoms with van der Waals surface area (Å²) >= 11 is 0. The number of hydrogen-bond acceptors (Lipinski definition) is 3. The maximum atomic E-state index is 12.3. The second kappa shape index (κ2) is 5.69. The number of rotatable bonds is 3. The second-order valence-corrected chi connectivity index (χ2v) is 4.80. The average Bonchev–Trinajstić information content (AvgIpc) is 2.53. The first-order valence-electron chi connectivity index (χ1n) is 6.75. The van der Waals surface area contributed by atoms with E-state index in [0.717, 1.165) is 5.56 Å². The van der Waals surface area contributed by atoms with E-state index in [0.29, 0.717) is 22.3 Å². The van der Waals surface area contributed by atoms with Crippen LogP contribution in [0.3, 0.4) is 0 Å². The molecule has 22 heavy (non-hydrogen) atoms. The lowest BCUT2D eigenvalue weighted by atomic mass is 10.1. The molecule has 0 spiro atoms. The predicted molar refractivity (Wildman–Crippen MR) is 86.1 cm³/mol. The second-order valence-electron chi connectivity index (χ2n) is 4.80. The molecule has 0 atom stereocenters. The maximum absolute atomic E-state index is 12.3. The molecule has 1 amide bonds. The quantitative estimate of drug-likeness (QED) is 0.754. The number of primary amides is 1. The molecule has 0 saturated heterocycles. The minimum absolute atomic E-state index is 0.130. The number of hydrogen-bond donors (Lipinski definition) is 1. The van der Waals surface area contributed by atoms with Crippen molar-refractivity contribution in [2.75, 3.05) is 0 Å². The van der Waals surface area contributed by atoms with E-state index in [4.69, 9.17) is 10.2 Å². The molecule has 0 radical (unpaired) electrons. The zero-order valence-electron chi connectivity index (χ0n) is 11.7. The summed E-state index contributed by atoms with van der Waals surface area (Å²) in [5.74, 6) is -0.0726. The van der Waals surface area contributed by atoms with Gasteiger partial charge in [-0.25, -0.2) is 0 Å². The maximum Gasteiger partial charge on any atom is 0.241 e. The molecule has 0 unspecified atom stereocenters. The van der Waals surface area contributed by atoms with Crippen molar-refractivity contribution in [1.82, 2.24) is 0 Å². The normalized spacial score (nSPS) is 11.1. The van der Waals surface area contributed by atoms with Crippen LogP contribution in [0.2, 0.25) is 0 Å². The van der Waals surface area contributed by atoms with Gasteiger partial charge in [0.05, 0.1) is 5.39 Å². The summed E-state index contributed by atoms with van der Waals surface area (Å²) in [4.78, 5) is 23.2. The third kappa shape index (κ3) is 2.67. The topological polar surface area (TPSA) is 73.3 Å². The van der Waals surface area contributed by atoms with Crippen LogP contribution in [-0.4, -0.2) is 5.91 Å². The highest BCUT2D eigenvalue weighted by Crippen LogP contribution is 2.24.